The van der Waals surface area contributed by atoms with Crippen LogP contribution in [0.5, 0.6) is 0 Å². The van der Waals surface area contributed by atoms with E-state index in [9.17, 15) is 19.5 Å². The fraction of sp³-hybridized carbons (Fsp3) is 0.500. The number of aromatic nitrogens is 1. The Labute approximate surface area is 198 Å². The number of rotatable bonds is 6. The summed E-state index contributed by atoms with van der Waals surface area (Å²) in [5, 5.41) is 14.6. The van der Waals surface area contributed by atoms with E-state index in [1.165, 1.54) is 4.90 Å². The Morgan fingerprint density at radius 2 is 1.85 bits per heavy atom. The lowest BCUT2D eigenvalue weighted by Crippen LogP contribution is -2.57. The molecule has 1 aliphatic heterocycles. The molecule has 178 valence electrons. The van der Waals surface area contributed by atoms with Crippen molar-refractivity contribution in [1.29, 1.82) is 0 Å². The van der Waals surface area contributed by atoms with E-state index >= 15 is 0 Å². The minimum atomic E-state index is -1.26. The van der Waals surface area contributed by atoms with Crippen molar-refractivity contribution in [1.82, 2.24) is 20.5 Å². The molecule has 0 saturated carbocycles. The number of carboxylic acid groups (broad SMARTS) is 1. The largest absolute Gasteiger partial charge is 0.465 e. The van der Waals surface area contributed by atoms with Gasteiger partial charge in [-0.25, -0.2) is 9.78 Å². The quantitative estimate of drug-likeness (QED) is 0.589. The maximum atomic E-state index is 13.2. The third kappa shape index (κ3) is 5.71. The highest BCUT2D eigenvalue weighted by Gasteiger charge is 2.42. The summed E-state index contributed by atoms with van der Waals surface area (Å²) in [6.45, 7) is 9.73. The number of hydrogen-bond acceptors (Lipinski definition) is 5. The minimum Gasteiger partial charge on any atom is -0.465 e. The molecule has 3 N–H and O–H groups in total. The van der Waals surface area contributed by atoms with Crippen LogP contribution in [-0.4, -0.2) is 51.5 Å². The van der Waals surface area contributed by atoms with Gasteiger partial charge in [0.2, 0.25) is 11.8 Å². The van der Waals surface area contributed by atoms with E-state index in [0.29, 0.717) is 19.4 Å². The van der Waals surface area contributed by atoms with Gasteiger partial charge in [0.1, 0.15) is 12.1 Å². The average molecular weight is 473 g/mol. The lowest BCUT2D eigenvalue weighted by molar-refractivity contribution is -0.142. The highest BCUT2D eigenvalue weighted by molar-refractivity contribution is 7.13. The zero-order chi connectivity index (χ0) is 24.3. The fourth-order valence-electron chi connectivity index (χ4n) is 4.14. The standard InChI is InChI=1S/C24H32N4O4S/c1-14(16-8-10-17(11-9-16)19-15(2)25-13-33-19)26-21(29)18-7-6-12-28(18)22(30)20(24(3,4)5)27-23(31)32/h8-11,13-14,18,20,27H,6-7,12H2,1-5H3,(H,26,29)(H,31,32)/t14-,18?,20?/m1/s1. The van der Waals surface area contributed by atoms with E-state index in [1.807, 2.05) is 43.6 Å². The third-order valence-electron chi connectivity index (χ3n) is 6.00. The fourth-order valence-corrected chi connectivity index (χ4v) is 4.95. The van der Waals surface area contributed by atoms with Gasteiger partial charge in [0.15, 0.2) is 0 Å². The Hall–Kier alpha value is -2.94. The van der Waals surface area contributed by atoms with Crippen LogP contribution >= 0.6 is 11.3 Å². The van der Waals surface area contributed by atoms with E-state index in [2.05, 4.69) is 15.6 Å². The van der Waals surface area contributed by atoms with Gasteiger partial charge in [-0.2, -0.15) is 0 Å². The van der Waals surface area contributed by atoms with Crippen molar-refractivity contribution in [2.75, 3.05) is 6.54 Å². The van der Waals surface area contributed by atoms with E-state index < -0.39 is 23.6 Å². The van der Waals surface area contributed by atoms with Gasteiger partial charge in [0, 0.05) is 6.54 Å². The number of carbonyl (C=O) groups is 3. The molecule has 3 amide bonds. The number of aryl methyl sites for hydroxylation is 1. The number of benzene rings is 1. The van der Waals surface area contributed by atoms with Crippen molar-refractivity contribution in [2.24, 2.45) is 5.41 Å². The molecule has 0 bridgehead atoms. The van der Waals surface area contributed by atoms with Crippen LogP contribution in [0.1, 0.15) is 57.8 Å². The van der Waals surface area contributed by atoms with Gasteiger partial charge in [-0.3, -0.25) is 9.59 Å². The van der Waals surface area contributed by atoms with Crippen molar-refractivity contribution < 1.29 is 19.5 Å². The highest BCUT2D eigenvalue weighted by Crippen LogP contribution is 2.29. The molecule has 2 heterocycles. The lowest BCUT2D eigenvalue weighted by atomic mass is 9.85. The molecule has 8 nitrogen and oxygen atoms in total. The monoisotopic (exact) mass is 472 g/mol. The summed E-state index contributed by atoms with van der Waals surface area (Å²) in [6, 6.07) is 6.25. The average Bonchev–Trinajstić information content (AvgIpc) is 3.40. The van der Waals surface area contributed by atoms with Crippen molar-refractivity contribution in [3.63, 3.8) is 0 Å². The second kappa shape index (κ2) is 9.91. The van der Waals surface area contributed by atoms with Crippen LogP contribution < -0.4 is 10.6 Å². The zero-order valence-electron chi connectivity index (χ0n) is 19.7. The summed E-state index contributed by atoms with van der Waals surface area (Å²) in [6.07, 6.45) is -0.00266. The van der Waals surface area contributed by atoms with Gasteiger partial charge in [-0.05, 0) is 43.2 Å². The molecule has 9 heteroatoms. The smallest absolute Gasteiger partial charge is 0.405 e. The number of carbonyl (C=O) groups excluding carboxylic acids is 2. The van der Waals surface area contributed by atoms with Crippen LogP contribution in [-0.2, 0) is 9.59 Å². The van der Waals surface area contributed by atoms with Gasteiger partial charge in [0.25, 0.3) is 0 Å². The van der Waals surface area contributed by atoms with Crippen LogP contribution in [0.25, 0.3) is 10.4 Å². The summed E-state index contributed by atoms with van der Waals surface area (Å²) >= 11 is 1.59. The molecule has 3 rings (SSSR count). The molecule has 2 unspecified atom stereocenters. The Bertz CT molecular complexity index is 1010. The van der Waals surface area contributed by atoms with E-state index in [4.69, 9.17) is 0 Å². The number of hydrogen-bond donors (Lipinski definition) is 3. The molecule has 1 aliphatic rings. The molecule has 1 aromatic heterocycles. The predicted octanol–water partition coefficient (Wildman–Crippen LogP) is 3.97. The zero-order valence-corrected chi connectivity index (χ0v) is 20.5. The minimum absolute atomic E-state index is 0.223. The van der Waals surface area contributed by atoms with Crippen molar-refractivity contribution in [3.05, 3.63) is 41.0 Å². The second-order valence-corrected chi connectivity index (χ2v) is 10.4. The van der Waals surface area contributed by atoms with Crippen molar-refractivity contribution in [2.45, 2.75) is 65.6 Å². The SMILES string of the molecule is Cc1ncsc1-c1ccc([C@@H](C)NC(=O)C2CCCN2C(=O)C(NC(=O)O)C(C)(C)C)cc1. The number of thiazole rings is 1. The van der Waals surface area contributed by atoms with E-state index in [-0.39, 0.29) is 17.9 Å². The first kappa shape index (κ1) is 24.7. The molecule has 1 saturated heterocycles. The summed E-state index contributed by atoms with van der Waals surface area (Å²) in [7, 11) is 0. The molecule has 0 spiro atoms. The first-order valence-electron chi connectivity index (χ1n) is 11.1. The number of amides is 3. The third-order valence-corrected chi connectivity index (χ3v) is 6.97. The maximum absolute atomic E-state index is 13.2. The first-order valence-corrected chi connectivity index (χ1v) is 12.0. The molecule has 0 aliphatic carbocycles. The molecular weight excluding hydrogens is 440 g/mol. The van der Waals surface area contributed by atoms with Gasteiger partial charge in [-0.1, -0.05) is 45.0 Å². The molecular formula is C24H32N4O4S. The van der Waals surface area contributed by atoms with E-state index in [1.54, 1.807) is 32.1 Å². The van der Waals surface area contributed by atoms with Gasteiger partial charge in [-0.15, -0.1) is 11.3 Å². The van der Waals surface area contributed by atoms with Crippen LogP contribution in [0.15, 0.2) is 29.8 Å². The molecule has 0 radical (unpaired) electrons. The summed E-state index contributed by atoms with van der Waals surface area (Å²) < 4.78 is 0. The highest BCUT2D eigenvalue weighted by atomic mass is 32.1. The molecule has 1 fully saturated rings. The molecule has 1 aromatic carbocycles. The summed E-state index contributed by atoms with van der Waals surface area (Å²) in [5.41, 5.74) is 4.25. The van der Waals surface area contributed by atoms with Crippen LogP contribution in [0, 0.1) is 12.3 Å². The Balaban J connectivity index is 1.69. The summed E-state index contributed by atoms with van der Waals surface area (Å²) in [4.78, 5) is 44.5. The molecule has 2 aromatic rings. The topological polar surface area (TPSA) is 112 Å². The van der Waals surface area contributed by atoms with Crippen LogP contribution in [0.3, 0.4) is 0 Å². The summed E-state index contributed by atoms with van der Waals surface area (Å²) in [5.74, 6) is -0.585. The number of nitrogens with zero attached hydrogens (tertiary/aromatic N) is 2. The Morgan fingerprint density at radius 1 is 1.18 bits per heavy atom. The number of nitrogens with one attached hydrogen (secondary N) is 2. The van der Waals surface area contributed by atoms with E-state index in [0.717, 1.165) is 21.7 Å². The molecule has 3 atom stereocenters. The van der Waals surface area contributed by atoms with Gasteiger partial charge < -0.3 is 20.6 Å². The lowest BCUT2D eigenvalue weighted by Gasteiger charge is -2.35. The van der Waals surface area contributed by atoms with Gasteiger partial charge in [0.05, 0.1) is 22.1 Å². The van der Waals surface area contributed by atoms with Crippen LogP contribution in [0.2, 0.25) is 0 Å². The Kier molecular flexibility index (Phi) is 7.41. The van der Waals surface area contributed by atoms with Gasteiger partial charge >= 0.3 is 6.09 Å². The number of likely N-dealkylation sites (tertiary alicyclic amines) is 1. The van der Waals surface area contributed by atoms with Crippen molar-refractivity contribution in [3.8, 4) is 10.4 Å². The maximum Gasteiger partial charge on any atom is 0.405 e. The van der Waals surface area contributed by atoms with Crippen LogP contribution in [0.4, 0.5) is 4.79 Å². The van der Waals surface area contributed by atoms with Crippen molar-refractivity contribution >= 4 is 29.2 Å². The molecule has 33 heavy (non-hydrogen) atoms. The Morgan fingerprint density at radius 3 is 2.39 bits per heavy atom. The second-order valence-electron chi connectivity index (χ2n) is 9.56. The normalized spacial score (nSPS) is 18.0. The first-order chi connectivity index (χ1) is 15.5. The predicted molar refractivity (Wildman–Crippen MR) is 128 cm³/mol.